The van der Waals surface area contributed by atoms with Crippen LogP contribution in [0, 0.1) is 0 Å². The number of hydrogen-bond donors (Lipinski definition) is 8. The lowest BCUT2D eigenvalue weighted by Crippen LogP contribution is -2.40. The van der Waals surface area contributed by atoms with E-state index in [-0.39, 0.29) is 47.7 Å². The van der Waals surface area contributed by atoms with Gasteiger partial charge in [0.25, 0.3) is 0 Å². The second-order valence-corrected chi connectivity index (χ2v) is 15.9. The smallest absolute Gasteiger partial charge is 0.490 e. The number of carbonyl (C=O) groups is 5. The van der Waals surface area contributed by atoms with Crippen LogP contribution >= 0.6 is 0 Å². The van der Waals surface area contributed by atoms with Crippen molar-refractivity contribution in [1.29, 1.82) is 0 Å². The number of aromatic hydroxyl groups is 1. The van der Waals surface area contributed by atoms with E-state index in [1.54, 1.807) is 24.1 Å². The molecule has 0 radical (unpaired) electrons. The average Bonchev–Trinajstić information content (AvgIpc) is 3.32. The molecule has 71 heavy (non-hydrogen) atoms. The lowest BCUT2D eigenvalue weighted by atomic mass is 10.0. The number of aliphatic hydroxyl groups excluding tert-OH is 1. The average molecular weight is 1000 g/mol. The van der Waals surface area contributed by atoms with Gasteiger partial charge >= 0.3 is 30.4 Å². The number of carboxylic acids is 2. The highest BCUT2D eigenvalue weighted by atomic mass is 19.4. The van der Waals surface area contributed by atoms with E-state index in [9.17, 15) is 55.7 Å². The Balaban J connectivity index is 0.000000683. The highest BCUT2D eigenvalue weighted by Gasteiger charge is 2.39. The molecule has 2 heterocycles. The van der Waals surface area contributed by atoms with Crippen molar-refractivity contribution in [1.82, 2.24) is 20.1 Å². The minimum absolute atomic E-state index is 0.0229. The van der Waals surface area contributed by atoms with E-state index in [1.165, 1.54) is 12.1 Å². The predicted molar refractivity (Wildman–Crippen MR) is 248 cm³/mol. The molecule has 1 fully saturated rings. The number of hydrogen-bond acceptors (Lipinski definition) is 11. The Kier molecular flexibility index (Phi) is 20.9. The first-order valence-corrected chi connectivity index (χ1v) is 21.8. The summed E-state index contributed by atoms with van der Waals surface area (Å²) in [6.07, 6.45) is -9.12. The van der Waals surface area contributed by atoms with Crippen LogP contribution in [0.3, 0.4) is 0 Å². The molecule has 0 spiro atoms. The van der Waals surface area contributed by atoms with Crippen LogP contribution < -0.4 is 21.5 Å². The first kappa shape index (κ1) is 56.1. The number of ether oxygens (including phenoxy) is 1. The lowest BCUT2D eigenvalue weighted by Gasteiger charge is -2.31. The van der Waals surface area contributed by atoms with E-state index in [0.717, 1.165) is 29.8 Å². The predicted octanol–water partition coefficient (Wildman–Crippen LogP) is 7.27. The summed E-state index contributed by atoms with van der Waals surface area (Å²) in [5, 5.41) is 44.7. The Labute approximate surface area is 402 Å². The van der Waals surface area contributed by atoms with E-state index >= 15 is 0 Å². The number of aliphatic carboxylic acids is 2. The van der Waals surface area contributed by atoms with Crippen LogP contribution in [0.5, 0.6) is 5.75 Å². The number of carbonyl (C=O) groups excluding carboxylic acids is 3. The maximum absolute atomic E-state index is 12.8. The number of pyridine rings is 1. The van der Waals surface area contributed by atoms with Gasteiger partial charge in [-0.1, -0.05) is 66.7 Å². The molecule has 0 saturated carbocycles. The summed E-state index contributed by atoms with van der Waals surface area (Å²) >= 11 is 0. The zero-order chi connectivity index (χ0) is 52.3. The number of phenolic OH excluding ortho intramolecular Hbond substituents is 1. The zero-order valence-electron chi connectivity index (χ0n) is 38.1. The summed E-state index contributed by atoms with van der Waals surface area (Å²) in [5.41, 5.74) is 4.80. The van der Waals surface area contributed by atoms with E-state index in [0.29, 0.717) is 67.6 Å². The third kappa shape index (κ3) is 18.7. The number of carboxylic acid groups (broad SMARTS) is 2. The standard InChI is InChI=1S/C44H50N6O7.2C2HF3O2/c1-49(42(55)23-27-50-25-21-33(22-26-50)57-44(56)47-37-11-6-5-10-34(37)31-8-3-2-4-9-31)24-7-12-40(53)46-32-15-13-30(14-16-32)28-45-29-39(52)35-17-19-38(51)43-36(35)18-20-41(54)48-43;2*3-2(4,5)1(6)7/h2-6,8-11,13-20,33,39,45,51-52H,7,12,21-29H2,1H3,(H,46,53)(H,47,56)(H,48,54);2*(H,6,7)/t39-;;/m0../s1. The number of fused-ring (bicyclic) bond motifs is 1. The van der Waals surface area contributed by atoms with Gasteiger partial charge in [0, 0.05) is 81.9 Å². The number of piperidine rings is 1. The van der Waals surface area contributed by atoms with Crippen molar-refractivity contribution in [2.75, 3.05) is 50.4 Å². The van der Waals surface area contributed by atoms with Crippen LogP contribution in [-0.2, 0) is 30.5 Å². The molecule has 6 rings (SSSR count). The highest BCUT2D eigenvalue weighted by Crippen LogP contribution is 2.30. The molecular weight excluding hydrogens is 951 g/mol. The number of anilines is 2. The summed E-state index contributed by atoms with van der Waals surface area (Å²) in [6.45, 7) is 3.29. The Morgan fingerprint density at radius 1 is 0.803 bits per heavy atom. The van der Waals surface area contributed by atoms with E-state index in [4.69, 9.17) is 24.5 Å². The first-order valence-electron chi connectivity index (χ1n) is 21.8. The van der Waals surface area contributed by atoms with Gasteiger partial charge in [-0.2, -0.15) is 26.3 Å². The van der Waals surface area contributed by atoms with Crippen LogP contribution in [-0.4, -0.2) is 123 Å². The number of alkyl halides is 6. The van der Waals surface area contributed by atoms with E-state index < -0.39 is 36.5 Å². The summed E-state index contributed by atoms with van der Waals surface area (Å²) in [6, 6.07) is 31.0. The number of para-hydroxylation sites is 1. The van der Waals surface area contributed by atoms with Gasteiger partial charge in [0.05, 0.1) is 17.3 Å². The number of rotatable bonds is 16. The molecule has 17 nitrogen and oxygen atoms in total. The Morgan fingerprint density at radius 2 is 1.41 bits per heavy atom. The first-order chi connectivity index (χ1) is 33.5. The molecule has 4 aromatic carbocycles. The van der Waals surface area contributed by atoms with Gasteiger partial charge < -0.3 is 50.6 Å². The third-order valence-corrected chi connectivity index (χ3v) is 10.7. The van der Waals surface area contributed by atoms with Crippen LogP contribution in [0.4, 0.5) is 42.5 Å². The largest absolute Gasteiger partial charge is 0.506 e. The van der Waals surface area contributed by atoms with Crippen LogP contribution in [0.1, 0.15) is 49.3 Å². The number of nitrogens with one attached hydrogen (secondary N) is 4. The molecule has 0 bridgehead atoms. The van der Waals surface area contributed by atoms with Crippen molar-refractivity contribution in [3.63, 3.8) is 0 Å². The number of aliphatic hydroxyl groups is 1. The number of likely N-dealkylation sites (tertiary alicyclic amines) is 1. The number of amides is 3. The van der Waals surface area contributed by atoms with Crippen molar-refractivity contribution in [3.05, 3.63) is 125 Å². The third-order valence-electron chi connectivity index (χ3n) is 10.7. The Morgan fingerprint density at radius 3 is 2.03 bits per heavy atom. The molecule has 382 valence electrons. The van der Waals surface area contributed by atoms with Gasteiger partial charge in [0.15, 0.2) is 0 Å². The Hall–Kier alpha value is -7.50. The van der Waals surface area contributed by atoms with Crippen LogP contribution in [0.2, 0.25) is 0 Å². The number of H-pyrrole nitrogens is 1. The summed E-state index contributed by atoms with van der Waals surface area (Å²) < 4.78 is 69.2. The molecular formula is C48H52F6N6O11. The number of aromatic nitrogens is 1. The van der Waals surface area contributed by atoms with Crippen molar-refractivity contribution >= 4 is 52.1 Å². The van der Waals surface area contributed by atoms with Crippen LogP contribution in [0.15, 0.2) is 108 Å². The maximum Gasteiger partial charge on any atom is 0.490 e. The SMILES string of the molecule is CN(CCCC(=O)Nc1ccc(CNC[C@H](O)c2ccc(O)c3[nH]c(=O)ccc23)cc1)C(=O)CCN1CCC(OC(=O)Nc2ccccc2-c2ccccc2)CC1.O=C(O)C(F)(F)F.O=C(O)C(F)(F)F. The molecule has 0 unspecified atom stereocenters. The number of halogens is 6. The van der Waals surface area contributed by atoms with Gasteiger partial charge in [-0.25, -0.2) is 14.4 Å². The second kappa shape index (κ2) is 26.5. The van der Waals surface area contributed by atoms with Gasteiger partial charge in [-0.15, -0.1) is 0 Å². The number of nitrogens with zero attached hydrogens (tertiary/aromatic N) is 2. The summed E-state index contributed by atoms with van der Waals surface area (Å²) in [5.74, 6) is -5.68. The molecule has 3 amide bonds. The minimum Gasteiger partial charge on any atom is -0.506 e. The highest BCUT2D eigenvalue weighted by molar-refractivity contribution is 5.92. The lowest BCUT2D eigenvalue weighted by molar-refractivity contribution is -0.193. The Bertz CT molecular complexity index is 2600. The number of phenols is 1. The van der Waals surface area contributed by atoms with Crippen molar-refractivity contribution in [3.8, 4) is 16.9 Å². The summed E-state index contributed by atoms with van der Waals surface area (Å²) in [4.78, 5) is 74.2. The topological polar surface area (TPSA) is 251 Å². The number of aromatic amines is 1. The molecule has 23 heteroatoms. The van der Waals surface area contributed by atoms with E-state index in [2.05, 4.69) is 25.8 Å². The van der Waals surface area contributed by atoms with Gasteiger partial charge in [-0.05, 0) is 66.3 Å². The molecule has 1 aliphatic rings. The molecule has 1 aromatic heterocycles. The van der Waals surface area contributed by atoms with Crippen LogP contribution in [0.25, 0.3) is 22.0 Å². The fourth-order valence-corrected chi connectivity index (χ4v) is 6.99. The van der Waals surface area contributed by atoms with Gasteiger partial charge in [-0.3, -0.25) is 19.7 Å². The molecule has 5 aromatic rings. The van der Waals surface area contributed by atoms with Gasteiger partial charge in [0.2, 0.25) is 17.4 Å². The normalized spacial score (nSPS) is 13.4. The number of benzene rings is 4. The van der Waals surface area contributed by atoms with E-state index in [1.807, 2.05) is 78.9 Å². The molecule has 0 aliphatic carbocycles. The monoisotopic (exact) mass is 1000 g/mol. The molecule has 1 saturated heterocycles. The maximum atomic E-state index is 12.8. The van der Waals surface area contributed by atoms with Crippen molar-refractivity contribution in [2.24, 2.45) is 0 Å². The minimum atomic E-state index is -5.08. The summed E-state index contributed by atoms with van der Waals surface area (Å²) in [7, 11) is 1.76. The molecule has 1 aliphatic heterocycles. The second-order valence-electron chi connectivity index (χ2n) is 15.9. The quantitative estimate of drug-likeness (QED) is 0.0454. The molecule has 1 atom stereocenters. The fraction of sp³-hybridized carbons (Fsp3) is 0.333. The van der Waals surface area contributed by atoms with Crippen molar-refractivity contribution < 1.29 is 75.5 Å². The van der Waals surface area contributed by atoms with Crippen molar-refractivity contribution in [2.45, 2.75) is 63.2 Å². The zero-order valence-corrected chi connectivity index (χ0v) is 38.1. The van der Waals surface area contributed by atoms with Gasteiger partial charge in [0.1, 0.15) is 11.9 Å². The molecule has 8 N–H and O–H groups in total. The fourth-order valence-electron chi connectivity index (χ4n) is 6.99.